The molecule has 0 heterocycles. The van der Waals surface area contributed by atoms with Crippen LogP contribution in [0, 0.1) is 0 Å². The van der Waals surface area contributed by atoms with Crippen molar-refractivity contribution in [3.63, 3.8) is 0 Å². The molecule has 0 aromatic rings. The SMILES string of the molecule is COC(=O)C(N)CC(C)(C)N. The van der Waals surface area contributed by atoms with Crippen molar-refractivity contribution in [2.45, 2.75) is 31.8 Å². The molecule has 0 saturated carbocycles. The van der Waals surface area contributed by atoms with Crippen molar-refractivity contribution in [3.8, 4) is 0 Å². The summed E-state index contributed by atoms with van der Waals surface area (Å²) in [6.07, 6.45) is 0.430. The molecule has 0 aliphatic rings. The molecule has 4 N–H and O–H groups in total. The summed E-state index contributed by atoms with van der Waals surface area (Å²) in [5, 5.41) is 0. The quantitative estimate of drug-likeness (QED) is 0.551. The van der Waals surface area contributed by atoms with Crippen LogP contribution in [-0.4, -0.2) is 24.7 Å². The van der Waals surface area contributed by atoms with Gasteiger partial charge in [-0.05, 0) is 20.3 Å². The van der Waals surface area contributed by atoms with Crippen molar-refractivity contribution in [2.24, 2.45) is 11.5 Å². The topological polar surface area (TPSA) is 78.3 Å². The first-order chi connectivity index (χ1) is 4.87. The Bertz CT molecular complexity index is 140. The molecular weight excluding hydrogens is 144 g/mol. The maximum Gasteiger partial charge on any atom is 0.322 e. The standard InChI is InChI=1S/C7H16N2O2/c1-7(2,9)4-5(8)6(10)11-3/h5H,4,8-9H2,1-3H3. The number of nitrogens with two attached hydrogens (primary N) is 2. The van der Waals surface area contributed by atoms with E-state index in [2.05, 4.69) is 4.74 Å². The van der Waals surface area contributed by atoms with Gasteiger partial charge in [0.25, 0.3) is 0 Å². The second kappa shape index (κ2) is 3.69. The van der Waals surface area contributed by atoms with Crippen LogP contribution < -0.4 is 11.5 Å². The van der Waals surface area contributed by atoms with E-state index in [0.717, 1.165) is 0 Å². The van der Waals surface area contributed by atoms with Gasteiger partial charge in [-0.2, -0.15) is 0 Å². The van der Waals surface area contributed by atoms with E-state index in [1.807, 2.05) is 13.8 Å². The summed E-state index contributed by atoms with van der Waals surface area (Å²) in [5.74, 6) is -0.413. The Labute approximate surface area is 66.9 Å². The summed E-state index contributed by atoms with van der Waals surface area (Å²) in [6.45, 7) is 3.63. The Morgan fingerprint density at radius 3 is 2.36 bits per heavy atom. The zero-order chi connectivity index (χ0) is 9.07. The molecule has 4 nitrogen and oxygen atoms in total. The molecule has 0 aliphatic heterocycles. The highest BCUT2D eigenvalue weighted by Crippen LogP contribution is 2.06. The van der Waals surface area contributed by atoms with Crippen LogP contribution in [0.5, 0.6) is 0 Å². The number of esters is 1. The zero-order valence-electron chi connectivity index (χ0n) is 7.26. The van der Waals surface area contributed by atoms with Crippen LogP contribution in [-0.2, 0) is 9.53 Å². The van der Waals surface area contributed by atoms with Gasteiger partial charge in [-0.3, -0.25) is 4.79 Å². The van der Waals surface area contributed by atoms with Crippen molar-refractivity contribution in [1.29, 1.82) is 0 Å². The lowest BCUT2D eigenvalue weighted by Gasteiger charge is -2.21. The van der Waals surface area contributed by atoms with Gasteiger partial charge in [0.2, 0.25) is 0 Å². The lowest BCUT2D eigenvalue weighted by atomic mass is 9.97. The van der Waals surface area contributed by atoms with Gasteiger partial charge < -0.3 is 16.2 Å². The summed E-state index contributed by atoms with van der Waals surface area (Å²) >= 11 is 0. The number of ether oxygens (including phenoxy) is 1. The fraction of sp³-hybridized carbons (Fsp3) is 0.857. The summed E-state index contributed by atoms with van der Waals surface area (Å²) in [6, 6.07) is -0.611. The van der Waals surface area contributed by atoms with Crippen LogP contribution in [0.2, 0.25) is 0 Å². The van der Waals surface area contributed by atoms with Crippen molar-refractivity contribution in [2.75, 3.05) is 7.11 Å². The Morgan fingerprint density at radius 2 is 2.09 bits per heavy atom. The van der Waals surface area contributed by atoms with E-state index >= 15 is 0 Å². The van der Waals surface area contributed by atoms with Crippen LogP contribution in [0.4, 0.5) is 0 Å². The number of carbonyl (C=O) groups excluding carboxylic acids is 1. The number of methoxy groups -OCH3 is 1. The predicted octanol–water partition coefficient (Wildman–Crippen LogP) is -0.386. The molecule has 0 radical (unpaired) electrons. The molecule has 0 aromatic heterocycles. The number of hydrogen-bond donors (Lipinski definition) is 2. The summed E-state index contributed by atoms with van der Waals surface area (Å²) in [7, 11) is 1.31. The molecule has 0 bridgehead atoms. The van der Waals surface area contributed by atoms with Crippen molar-refractivity contribution < 1.29 is 9.53 Å². The molecule has 0 rings (SSSR count). The minimum absolute atomic E-state index is 0.413. The van der Waals surface area contributed by atoms with Crippen LogP contribution in [0.1, 0.15) is 20.3 Å². The highest BCUT2D eigenvalue weighted by atomic mass is 16.5. The highest BCUT2D eigenvalue weighted by Gasteiger charge is 2.21. The van der Waals surface area contributed by atoms with Crippen molar-refractivity contribution in [3.05, 3.63) is 0 Å². The first-order valence-corrected chi connectivity index (χ1v) is 3.49. The highest BCUT2D eigenvalue weighted by molar-refractivity contribution is 5.75. The first kappa shape index (κ1) is 10.4. The molecule has 0 aromatic carbocycles. The number of carbonyl (C=O) groups is 1. The minimum atomic E-state index is -0.611. The van der Waals surface area contributed by atoms with Gasteiger partial charge in [-0.1, -0.05) is 0 Å². The molecule has 0 fully saturated rings. The molecule has 0 spiro atoms. The van der Waals surface area contributed by atoms with Gasteiger partial charge in [-0.25, -0.2) is 0 Å². The van der Waals surface area contributed by atoms with E-state index in [1.54, 1.807) is 0 Å². The maximum atomic E-state index is 10.8. The zero-order valence-corrected chi connectivity index (χ0v) is 7.26. The Balaban J connectivity index is 3.87. The average molecular weight is 160 g/mol. The largest absolute Gasteiger partial charge is 0.468 e. The predicted molar refractivity (Wildman–Crippen MR) is 42.9 cm³/mol. The molecule has 11 heavy (non-hydrogen) atoms. The molecule has 4 heteroatoms. The third-order valence-electron chi connectivity index (χ3n) is 1.25. The fourth-order valence-electron chi connectivity index (χ4n) is 0.802. The summed E-state index contributed by atoms with van der Waals surface area (Å²) in [5.41, 5.74) is 10.7. The van der Waals surface area contributed by atoms with Crippen LogP contribution in [0.15, 0.2) is 0 Å². The average Bonchev–Trinajstić information content (AvgIpc) is 1.82. The van der Waals surface area contributed by atoms with Crippen LogP contribution >= 0.6 is 0 Å². The molecule has 66 valence electrons. The summed E-state index contributed by atoms with van der Waals surface area (Å²) in [4.78, 5) is 10.8. The maximum absolute atomic E-state index is 10.8. The van der Waals surface area contributed by atoms with E-state index in [1.165, 1.54) is 7.11 Å². The van der Waals surface area contributed by atoms with E-state index < -0.39 is 17.6 Å². The fourth-order valence-corrected chi connectivity index (χ4v) is 0.802. The minimum Gasteiger partial charge on any atom is -0.468 e. The van der Waals surface area contributed by atoms with E-state index in [4.69, 9.17) is 11.5 Å². The van der Waals surface area contributed by atoms with Crippen molar-refractivity contribution >= 4 is 5.97 Å². The lowest BCUT2D eigenvalue weighted by Crippen LogP contribution is -2.43. The monoisotopic (exact) mass is 160 g/mol. The van der Waals surface area contributed by atoms with Crippen LogP contribution in [0.25, 0.3) is 0 Å². The van der Waals surface area contributed by atoms with Gasteiger partial charge in [0, 0.05) is 5.54 Å². The van der Waals surface area contributed by atoms with Gasteiger partial charge in [-0.15, -0.1) is 0 Å². The smallest absolute Gasteiger partial charge is 0.322 e. The lowest BCUT2D eigenvalue weighted by molar-refractivity contribution is -0.142. The molecular formula is C7H16N2O2. The van der Waals surface area contributed by atoms with Gasteiger partial charge >= 0.3 is 5.97 Å². The van der Waals surface area contributed by atoms with E-state index in [0.29, 0.717) is 6.42 Å². The molecule has 0 aliphatic carbocycles. The van der Waals surface area contributed by atoms with Gasteiger partial charge in [0.1, 0.15) is 6.04 Å². The van der Waals surface area contributed by atoms with E-state index in [-0.39, 0.29) is 0 Å². The van der Waals surface area contributed by atoms with E-state index in [9.17, 15) is 4.79 Å². The van der Waals surface area contributed by atoms with Gasteiger partial charge in [0.05, 0.1) is 7.11 Å². The van der Waals surface area contributed by atoms with Crippen molar-refractivity contribution in [1.82, 2.24) is 0 Å². The van der Waals surface area contributed by atoms with Crippen LogP contribution in [0.3, 0.4) is 0 Å². The Morgan fingerprint density at radius 1 is 1.64 bits per heavy atom. The molecule has 1 unspecified atom stereocenters. The second-order valence-corrected chi connectivity index (χ2v) is 3.32. The number of rotatable bonds is 3. The molecule has 1 atom stereocenters. The third-order valence-corrected chi connectivity index (χ3v) is 1.25. The molecule has 0 saturated heterocycles. The van der Waals surface area contributed by atoms with Gasteiger partial charge in [0.15, 0.2) is 0 Å². The second-order valence-electron chi connectivity index (χ2n) is 3.32. The normalized spacial score (nSPS) is 14.3. The third kappa shape index (κ3) is 4.75. The first-order valence-electron chi connectivity index (χ1n) is 3.49. The number of hydrogen-bond acceptors (Lipinski definition) is 4. The Hall–Kier alpha value is -0.610. The Kier molecular flexibility index (Phi) is 3.48. The molecule has 0 amide bonds. The summed E-state index contributed by atoms with van der Waals surface area (Å²) < 4.78 is 4.44.